The minimum Gasteiger partial charge on any atom is -0.369 e. The van der Waals surface area contributed by atoms with E-state index in [0.717, 1.165) is 48.1 Å². The summed E-state index contributed by atoms with van der Waals surface area (Å²) in [7, 11) is 0. The first-order valence-electron chi connectivity index (χ1n) is 10.2. The maximum Gasteiger partial charge on any atom is 0.248 e. The number of benzene rings is 2. The quantitative estimate of drug-likeness (QED) is 0.604. The Morgan fingerprint density at radius 1 is 1.27 bits per heavy atom. The molecule has 30 heavy (non-hydrogen) atoms. The van der Waals surface area contributed by atoms with E-state index in [-0.39, 0.29) is 5.91 Å². The van der Waals surface area contributed by atoms with Crippen LogP contribution in [-0.2, 0) is 11.3 Å². The number of rotatable bonds is 4. The molecular weight excluding hydrogens is 396 g/mol. The molecular formula is C22H24N6OS. The summed E-state index contributed by atoms with van der Waals surface area (Å²) in [5, 5.41) is 19.7. The van der Waals surface area contributed by atoms with Crippen molar-refractivity contribution in [2.45, 2.75) is 19.5 Å². The van der Waals surface area contributed by atoms with Crippen molar-refractivity contribution < 1.29 is 4.79 Å². The van der Waals surface area contributed by atoms with E-state index in [4.69, 9.17) is 5.41 Å². The van der Waals surface area contributed by atoms with Crippen molar-refractivity contribution in [2.75, 3.05) is 36.4 Å². The molecule has 3 heterocycles. The topological polar surface area (TPSA) is 84.4 Å². The number of nitrogens with zero attached hydrogens (tertiary/aromatic N) is 3. The Morgan fingerprint density at radius 2 is 2.10 bits per heavy atom. The molecule has 3 aromatic rings. The molecule has 0 aliphatic carbocycles. The standard InChI is InChI=1S/C22H24N6OS/c1-14(21(29)26-22-25-8-11-30-22)28-13-16-3-2-15-12-17(27-9-6-24-7-10-27)4-5-18(15)19(16)20(28)23/h2-5,8,11-12,14,23-24H,6-7,9-10,13H2,1H3,(H,25,26,29). The van der Waals surface area contributed by atoms with Crippen LogP contribution in [0, 0.1) is 5.41 Å². The van der Waals surface area contributed by atoms with E-state index in [1.165, 1.54) is 17.0 Å². The Bertz CT molecular complexity index is 1110. The van der Waals surface area contributed by atoms with Crippen LogP contribution in [0.2, 0.25) is 0 Å². The SMILES string of the molecule is CC(C(=O)Nc1nccs1)N1Cc2ccc3cc(N4CCNCC4)ccc3c2C1=N. The number of carbonyl (C=O) groups excluding carboxylic acids is 1. The second kappa shape index (κ2) is 7.70. The van der Waals surface area contributed by atoms with Crippen LogP contribution in [0.4, 0.5) is 10.8 Å². The summed E-state index contributed by atoms with van der Waals surface area (Å²) in [5.74, 6) is 0.264. The summed E-state index contributed by atoms with van der Waals surface area (Å²) in [6.45, 7) is 6.42. The van der Waals surface area contributed by atoms with Gasteiger partial charge in [-0.15, -0.1) is 11.3 Å². The van der Waals surface area contributed by atoms with E-state index in [1.54, 1.807) is 6.20 Å². The first kappa shape index (κ1) is 19.0. The summed E-state index contributed by atoms with van der Waals surface area (Å²) in [6, 6.07) is 10.3. The van der Waals surface area contributed by atoms with Gasteiger partial charge in [-0.2, -0.15) is 0 Å². The lowest BCUT2D eigenvalue weighted by Gasteiger charge is -2.29. The summed E-state index contributed by atoms with van der Waals surface area (Å²) in [4.78, 5) is 21.1. The third kappa shape index (κ3) is 3.32. The lowest BCUT2D eigenvalue weighted by molar-refractivity contribution is -0.119. The van der Waals surface area contributed by atoms with Crippen LogP contribution >= 0.6 is 11.3 Å². The van der Waals surface area contributed by atoms with E-state index < -0.39 is 6.04 Å². The molecule has 0 spiro atoms. The fraction of sp³-hybridized carbons (Fsp3) is 0.318. The van der Waals surface area contributed by atoms with Gasteiger partial charge < -0.3 is 20.4 Å². The number of nitrogens with one attached hydrogen (secondary N) is 3. The van der Waals surface area contributed by atoms with Crippen molar-refractivity contribution in [3.63, 3.8) is 0 Å². The molecule has 1 unspecified atom stereocenters. The normalized spacial score (nSPS) is 17.3. The molecule has 8 heteroatoms. The molecule has 3 N–H and O–H groups in total. The van der Waals surface area contributed by atoms with Gasteiger partial charge in [0, 0.05) is 55.6 Å². The smallest absolute Gasteiger partial charge is 0.248 e. The van der Waals surface area contributed by atoms with Gasteiger partial charge in [-0.1, -0.05) is 18.2 Å². The predicted octanol–water partition coefficient (Wildman–Crippen LogP) is 2.87. The highest BCUT2D eigenvalue weighted by Gasteiger charge is 2.32. The summed E-state index contributed by atoms with van der Waals surface area (Å²) in [6.07, 6.45) is 1.67. The van der Waals surface area contributed by atoms with Crippen molar-refractivity contribution >= 4 is 44.7 Å². The molecule has 1 fully saturated rings. The highest BCUT2D eigenvalue weighted by molar-refractivity contribution is 7.13. The number of hydrogen-bond donors (Lipinski definition) is 3. The molecule has 1 aromatic heterocycles. The number of anilines is 2. The average molecular weight is 421 g/mol. The second-order valence-corrected chi connectivity index (χ2v) is 8.62. The van der Waals surface area contributed by atoms with Gasteiger partial charge in [0.05, 0.1) is 0 Å². The average Bonchev–Trinajstić information content (AvgIpc) is 3.41. The molecule has 2 aromatic carbocycles. The number of hydrogen-bond acceptors (Lipinski definition) is 6. The fourth-order valence-electron chi connectivity index (χ4n) is 4.27. The molecule has 0 radical (unpaired) electrons. The number of thiazole rings is 1. The zero-order valence-electron chi connectivity index (χ0n) is 16.8. The highest BCUT2D eigenvalue weighted by Crippen LogP contribution is 2.33. The molecule has 0 bridgehead atoms. The van der Waals surface area contributed by atoms with Gasteiger partial charge in [-0.05, 0) is 35.4 Å². The summed E-state index contributed by atoms with van der Waals surface area (Å²) in [5.41, 5.74) is 3.26. The molecule has 5 rings (SSSR count). The van der Waals surface area contributed by atoms with Crippen molar-refractivity contribution in [2.24, 2.45) is 0 Å². The lowest BCUT2D eigenvalue weighted by Crippen LogP contribution is -2.43. The van der Waals surface area contributed by atoms with E-state index in [0.29, 0.717) is 17.5 Å². The van der Waals surface area contributed by atoms with Crippen LogP contribution in [0.3, 0.4) is 0 Å². The van der Waals surface area contributed by atoms with Gasteiger partial charge in [0.15, 0.2) is 5.13 Å². The monoisotopic (exact) mass is 420 g/mol. The highest BCUT2D eigenvalue weighted by atomic mass is 32.1. The van der Waals surface area contributed by atoms with Gasteiger partial charge in [0.25, 0.3) is 0 Å². The third-order valence-corrected chi connectivity index (χ3v) is 6.63. The third-order valence-electron chi connectivity index (χ3n) is 5.95. The van der Waals surface area contributed by atoms with E-state index >= 15 is 0 Å². The van der Waals surface area contributed by atoms with Crippen LogP contribution in [0.15, 0.2) is 41.9 Å². The number of carbonyl (C=O) groups is 1. The fourth-order valence-corrected chi connectivity index (χ4v) is 4.80. The molecule has 2 aliphatic rings. The van der Waals surface area contributed by atoms with Crippen LogP contribution in [-0.4, -0.2) is 53.8 Å². The first-order valence-corrected chi connectivity index (χ1v) is 11.1. The van der Waals surface area contributed by atoms with Crippen molar-refractivity contribution in [1.82, 2.24) is 15.2 Å². The maximum absolute atomic E-state index is 12.7. The Morgan fingerprint density at radius 3 is 2.87 bits per heavy atom. The predicted molar refractivity (Wildman–Crippen MR) is 122 cm³/mol. The Balaban J connectivity index is 1.41. The van der Waals surface area contributed by atoms with Crippen molar-refractivity contribution in [1.29, 1.82) is 5.41 Å². The molecule has 0 saturated carbocycles. The Hall–Kier alpha value is -2.97. The summed E-state index contributed by atoms with van der Waals surface area (Å²) >= 11 is 1.39. The minimum atomic E-state index is -0.455. The van der Waals surface area contributed by atoms with Crippen LogP contribution < -0.4 is 15.5 Å². The minimum absolute atomic E-state index is 0.146. The Labute approximate surface area is 179 Å². The number of amides is 1. The van der Waals surface area contributed by atoms with Gasteiger partial charge in [-0.25, -0.2) is 4.98 Å². The second-order valence-electron chi connectivity index (χ2n) is 7.72. The van der Waals surface area contributed by atoms with Crippen molar-refractivity contribution in [3.05, 3.63) is 53.0 Å². The molecule has 1 atom stereocenters. The van der Waals surface area contributed by atoms with E-state index in [2.05, 4.69) is 50.8 Å². The van der Waals surface area contributed by atoms with Crippen LogP contribution in [0.25, 0.3) is 10.8 Å². The molecule has 1 saturated heterocycles. The maximum atomic E-state index is 12.7. The number of aromatic nitrogens is 1. The van der Waals surface area contributed by atoms with Crippen molar-refractivity contribution in [3.8, 4) is 0 Å². The number of piperazine rings is 1. The zero-order valence-corrected chi connectivity index (χ0v) is 17.6. The Kier molecular flexibility index (Phi) is 4.88. The van der Waals surface area contributed by atoms with Crippen LogP contribution in [0.1, 0.15) is 18.1 Å². The molecule has 2 aliphatic heterocycles. The lowest BCUT2D eigenvalue weighted by atomic mass is 9.99. The van der Waals surface area contributed by atoms with Gasteiger partial charge >= 0.3 is 0 Å². The summed E-state index contributed by atoms with van der Waals surface area (Å²) < 4.78 is 0. The zero-order chi connectivity index (χ0) is 20.7. The van der Waals surface area contributed by atoms with Gasteiger partial charge in [0.1, 0.15) is 11.9 Å². The van der Waals surface area contributed by atoms with Gasteiger partial charge in [-0.3, -0.25) is 10.2 Å². The number of fused-ring (bicyclic) bond motifs is 3. The molecule has 7 nitrogen and oxygen atoms in total. The first-order chi connectivity index (χ1) is 14.6. The van der Waals surface area contributed by atoms with E-state index in [1.807, 2.05) is 17.2 Å². The molecule has 154 valence electrons. The largest absolute Gasteiger partial charge is 0.369 e. The molecule has 1 amide bonds. The van der Waals surface area contributed by atoms with Gasteiger partial charge in [0.2, 0.25) is 5.91 Å². The van der Waals surface area contributed by atoms with E-state index in [9.17, 15) is 4.79 Å². The van der Waals surface area contributed by atoms with Crippen LogP contribution in [0.5, 0.6) is 0 Å². The number of amidine groups is 1.